The Kier molecular flexibility index (Phi) is 5.26. The molecule has 0 saturated carbocycles. The fourth-order valence-corrected chi connectivity index (χ4v) is 2.81. The lowest BCUT2D eigenvalue weighted by molar-refractivity contribution is 0.404. The molecule has 2 rings (SSSR count). The molecule has 1 aromatic heterocycles. The normalized spacial score (nSPS) is 12.4. The van der Waals surface area contributed by atoms with E-state index in [1.54, 1.807) is 7.11 Å². The minimum atomic E-state index is 0.175. The van der Waals surface area contributed by atoms with E-state index >= 15 is 0 Å². The highest BCUT2D eigenvalue weighted by molar-refractivity contribution is 6.30. The van der Waals surface area contributed by atoms with Crippen LogP contribution in [0.2, 0.25) is 5.02 Å². The molecule has 1 heterocycles. The van der Waals surface area contributed by atoms with Gasteiger partial charge in [-0.15, -0.1) is 0 Å². The summed E-state index contributed by atoms with van der Waals surface area (Å²) >= 11 is 6.12. The summed E-state index contributed by atoms with van der Waals surface area (Å²) in [6.45, 7) is 5.00. The lowest BCUT2D eigenvalue weighted by Crippen LogP contribution is -2.25. The van der Waals surface area contributed by atoms with Crippen LogP contribution in [0.15, 0.2) is 24.3 Å². The van der Waals surface area contributed by atoms with Crippen LogP contribution in [0.25, 0.3) is 0 Å². The second-order valence-electron chi connectivity index (χ2n) is 5.10. The van der Waals surface area contributed by atoms with Crippen LogP contribution in [0.3, 0.4) is 0 Å². The predicted molar refractivity (Wildman–Crippen MR) is 86.1 cm³/mol. The van der Waals surface area contributed by atoms with Crippen molar-refractivity contribution >= 4 is 11.6 Å². The number of methoxy groups -OCH3 is 1. The molecule has 1 unspecified atom stereocenters. The summed E-state index contributed by atoms with van der Waals surface area (Å²) < 4.78 is 7.37. The Labute approximate surface area is 131 Å². The number of likely N-dealkylation sites (N-methyl/N-ethyl adjacent to an activating group) is 1. The van der Waals surface area contributed by atoms with Crippen LogP contribution in [-0.4, -0.2) is 23.4 Å². The lowest BCUT2D eigenvalue weighted by atomic mass is 10.0. The van der Waals surface area contributed by atoms with Crippen molar-refractivity contribution in [3.8, 4) is 5.75 Å². The van der Waals surface area contributed by atoms with Gasteiger partial charge >= 0.3 is 0 Å². The molecule has 0 bridgehead atoms. The number of benzene rings is 1. The highest BCUT2D eigenvalue weighted by atomic mass is 35.5. The van der Waals surface area contributed by atoms with E-state index < -0.39 is 0 Å². The predicted octanol–water partition coefficient (Wildman–Crippen LogP) is 3.28. The van der Waals surface area contributed by atoms with Gasteiger partial charge in [0.25, 0.3) is 0 Å². The van der Waals surface area contributed by atoms with Gasteiger partial charge in [-0.3, -0.25) is 4.68 Å². The van der Waals surface area contributed by atoms with E-state index in [1.165, 1.54) is 0 Å². The second kappa shape index (κ2) is 6.96. The van der Waals surface area contributed by atoms with Crippen molar-refractivity contribution in [2.75, 3.05) is 13.7 Å². The molecule has 1 aromatic carbocycles. The summed E-state index contributed by atoms with van der Waals surface area (Å²) in [6.07, 6.45) is 0.802. The first-order chi connectivity index (χ1) is 10.0. The summed E-state index contributed by atoms with van der Waals surface area (Å²) in [7, 11) is 3.66. The first kappa shape index (κ1) is 15.9. The Morgan fingerprint density at radius 2 is 2.14 bits per heavy atom. The monoisotopic (exact) mass is 307 g/mol. The van der Waals surface area contributed by atoms with E-state index in [0.717, 1.165) is 40.7 Å². The van der Waals surface area contributed by atoms with Crippen LogP contribution in [0.5, 0.6) is 5.75 Å². The fraction of sp³-hybridized carbons (Fsp3) is 0.438. The van der Waals surface area contributed by atoms with Gasteiger partial charge in [0.05, 0.1) is 24.5 Å². The molecule has 1 N–H and O–H groups in total. The smallest absolute Gasteiger partial charge is 0.122 e. The van der Waals surface area contributed by atoms with Gasteiger partial charge in [-0.2, -0.15) is 5.10 Å². The number of hydrogen-bond donors (Lipinski definition) is 1. The molecule has 114 valence electrons. The Balaban J connectivity index is 2.32. The van der Waals surface area contributed by atoms with Crippen molar-refractivity contribution in [1.82, 2.24) is 15.1 Å². The Morgan fingerprint density at radius 3 is 2.71 bits per heavy atom. The molecule has 1 atom stereocenters. The topological polar surface area (TPSA) is 39.1 Å². The highest BCUT2D eigenvalue weighted by Gasteiger charge is 2.18. The van der Waals surface area contributed by atoms with E-state index in [1.807, 2.05) is 36.9 Å². The Hall–Kier alpha value is -1.52. The highest BCUT2D eigenvalue weighted by Crippen LogP contribution is 2.28. The molecule has 4 nitrogen and oxygen atoms in total. The van der Waals surface area contributed by atoms with E-state index in [9.17, 15) is 0 Å². The third-order valence-electron chi connectivity index (χ3n) is 3.51. The quantitative estimate of drug-likeness (QED) is 0.890. The maximum absolute atomic E-state index is 6.12. The number of aromatic nitrogens is 2. The van der Waals surface area contributed by atoms with Crippen molar-refractivity contribution in [3.05, 3.63) is 46.2 Å². The van der Waals surface area contributed by atoms with Gasteiger partial charge in [0.15, 0.2) is 0 Å². The van der Waals surface area contributed by atoms with Crippen molar-refractivity contribution in [1.29, 1.82) is 0 Å². The van der Waals surface area contributed by atoms with Crippen LogP contribution < -0.4 is 10.1 Å². The lowest BCUT2D eigenvalue weighted by Gasteiger charge is -2.20. The summed E-state index contributed by atoms with van der Waals surface area (Å²) in [6, 6.07) is 8.02. The van der Waals surface area contributed by atoms with Crippen molar-refractivity contribution in [2.24, 2.45) is 7.05 Å². The number of rotatable bonds is 6. The van der Waals surface area contributed by atoms with Crippen LogP contribution in [0, 0.1) is 6.92 Å². The summed E-state index contributed by atoms with van der Waals surface area (Å²) in [4.78, 5) is 0. The Bertz CT molecular complexity index is 610. The number of nitrogens with one attached hydrogen (secondary N) is 1. The fourth-order valence-electron chi connectivity index (χ4n) is 2.61. The Morgan fingerprint density at radius 1 is 1.38 bits per heavy atom. The van der Waals surface area contributed by atoms with E-state index in [-0.39, 0.29) is 6.04 Å². The average Bonchev–Trinajstić information content (AvgIpc) is 2.77. The zero-order valence-corrected chi connectivity index (χ0v) is 13.7. The van der Waals surface area contributed by atoms with Gasteiger partial charge < -0.3 is 10.1 Å². The molecule has 0 aliphatic heterocycles. The number of hydrogen-bond acceptors (Lipinski definition) is 3. The molecule has 2 aromatic rings. The SMILES string of the molecule is CCNC(Cc1cc(Cl)ccc1OC)c1cc(C)nn1C. The van der Waals surface area contributed by atoms with E-state index in [2.05, 4.69) is 23.4 Å². The van der Waals surface area contributed by atoms with Gasteiger partial charge in [0.2, 0.25) is 0 Å². The van der Waals surface area contributed by atoms with Crippen LogP contribution in [0.4, 0.5) is 0 Å². The number of nitrogens with zero attached hydrogens (tertiary/aromatic N) is 2. The second-order valence-corrected chi connectivity index (χ2v) is 5.54. The first-order valence-corrected chi connectivity index (χ1v) is 7.49. The van der Waals surface area contributed by atoms with Gasteiger partial charge in [-0.05, 0) is 49.7 Å². The molecule has 0 amide bonds. The summed E-state index contributed by atoms with van der Waals surface area (Å²) in [5.74, 6) is 0.862. The summed E-state index contributed by atoms with van der Waals surface area (Å²) in [5.41, 5.74) is 3.28. The number of halogens is 1. The zero-order valence-electron chi connectivity index (χ0n) is 13.0. The molecule has 0 aliphatic carbocycles. The first-order valence-electron chi connectivity index (χ1n) is 7.11. The summed E-state index contributed by atoms with van der Waals surface area (Å²) in [5, 5.41) is 8.67. The maximum Gasteiger partial charge on any atom is 0.122 e. The molecule has 0 spiro atoms. The van der Waals surface area contributed by atoms with Gasteiger partial charge in [0.1, 0.15) is 5.75 Å². The van der Waals surface area contributed by atoms with Crippen molar-refractivity contribution in [2.45, 2.75) is 26.3 Å². The number of ether oxygens (including phenoxy) is 1. The number of aryl methyl sites for hydroxylation is 2. The van der Waals surface area contributed by atoms with Crippen LogP contribution in [-0.2, 0) is 13.5 Å². The molecule has 0 fully saturated rings. The third-order valence-corrected chi connectivity index (χ3v) is 3.75. The minimum absolute atomic E-state index is 0.175. The van der Waals surface area contributed by atoms with Crippen molar-refractivity contribution < 1.29 is 4.74 Å². The van der Waals surface area contributed by atoms with E-state index in [4.69, 9.17) is 16.3 Å². The van der Waals surface area contributed by atoms with Crippen molar-refractivity contribution in [3.63, 3.8) is 0 Å². The molecule has 0 aliphatic rings. The maximum atomic E-state index is 6.12. The van der Waals surface area contributed by atoms with Gasteiger partial charge in [0, 0.05) is 12.1 Å². The van der Waals surface area contributed by atoms with Gasteiger partial charge in [-0.1, -0.05) is 18.5 Å². The standard InChI is InChI=1S/C16H22ClN3O/c1-5-18-14(15-8-11(2)19-20(15)3)10-12-9-13(17)6-7-16(12)21-4/h6-9,14,18H,5,10H2,1-4H3. The van der Waals surface area contributed by atoms with Crippen LogP contribution >= 0.6 is 11.6 Å². The van der Waals surface area contributed by atoms with Crippen LogP contribution in [0.1, 0.15) is 29.9 Å². The largest absolute Gasteiger partial charge is 0.496 e. The molecule has 21 heavy (non-hydrogen) atoms. The zero-order chi connectivity index (χ0) is 15.4. The molecule has 5 heteroatoms. The molecular formula is C16H22ClN3O. The molecule has 0 saturated heterocycles. The molecule has 0 radical (unpaired) electrons. The molecular weight excluding hydrogens is 286 g/mol. The third kappa shape index (κ3) is 3.77. The minimum Gasteiger partial charge on any atom is -0.496 e. The van der Waals surface area contributed by atoms with Gasteiger partial charge in [-0.25, -0.2) is 0 Å². The van der Waals surface area contributed by atoms with E-state index in [0.29, 0.717) is 0 Å². The average molecular weight is 308 g/mol.